The summed E-state index contributed by atoms with van der Waals surface area (Å²) in [6.45, 7) is 0.325. The Bertz CT molecular complexity index is 1020. The summed E-state index contributed by atoms with van der Waals surface area (Å²) in [6.07, 6.45) is 1.23. The molecule has 1 unspecified atom stereocenters. The van der Waals surface area contributed by atoms with Crippen molar-refractivity contribution in [2.75, 3.05) is 12.0 Å². The zero-order valence-corrected chi connectivity index (χ0v) is 17.0. The Morgan fingerprint density at radius 3 is 2.50 bits per heavy atom. The van der Waals surface area contributed by atoms with E-state index in [9.17, 15) is 13.2 Å². The number of hydrogen-bond acceptors (Lipinski definition) is 5. The van der Waals surface area contributed by atoms with Gasteiger partial charge in [0.25, 0.3) is 0 Å². The standard InChI is InChI=1S/C19H22N4O3S.ClH/c1-27(25,26)11-10-15(20)19(24)21-12-13-6-8-14(9-7-13)18-22-16-4-2-3-5-17(16)23-18;/h2-9,15H,10-12,20H2,1H3,(H,21,24)(H,22,23);1H. The number of benzene rings is 2. The van der Waals surface area contributed by atoms with Gasteiger partial charge in [-0.15, -0.1) is 12.4 Å². The number of nitrogens with one attached hydrogen (secondary N) is 2. The minimum Gasteiger partial charge on any atom is -0.351 e. The van der Waals surface area contributed by atoms with Crippen LogP contribution in [0, 0.1) is 0 Å². The van der Waals surface area contributed by atoms with Gasteiger partial charge in [-0.05, 0) is 24.1 Å². The van der Waals surface area contributed by atoms with Crippen molar-refractivity contribution in [3.63, 3.8) is 0 Å². The summed E-state index contributed by atoms with van der Waals surface area (Å²) in [5.41, 5.74) is 9.49. The summed E-state index contributed by atoms with van der Waals surface area (Å²) in [5.74, 6) is 0.322. The fourth-order valence-electron chi connectivity index (χ4n) is 2.66. The predicted molar refractivity (Wildman–Crippen MR) is 113 cm³/mol. The van der Waals surface area contributed by atoms with Crippen LogP contribution in [0.3, 0.4) is 0 Å². The van der Waals surface area contributed by atoms with Gasteiger partial charge in [-0.25, -0.2) is 13.4 Å². The number of carbonyl (C=O) groups is 1. The van der Waals surface area contributed by atoms with Crippen LogP contribution in [0.15, 0.2) is 48.5 Å². The quantitative estimate of drug-likeness (QED) is 0.538. The summed E-state index contributed by atoms with van der Waals surface area (Å²) >= 11 is 0. The van der Waals surface area contributed by atoms with E-state index in [1.807, 2.05) is 48.5 Å². The van der Waals surface area contributed by atoms with Gasteiger partial charge < -0.3 is 16.0 Å². The van der Waals surface area contributed by atoms with Gasteiger partial charge in [-0.3, -0.25) is 4.79 Å². The molecule has 3 aromatic rings. The van der Waals surface area contributed by atoms with Crippen LogP contribution in [0.4, 0.5) is 0 Å². The van der Waals surface area contributed by atoms with Gasteiger partial charge in [-0.1, -0.05) is 36.4 Å². The number of aromatic amines is 1. The van der Waals surface area contributed by atoms with Crippen LogP contribution in [0.25, 0.3) is 22.4 Å². The first kappa shape index (κ1) is 21.9. The minimum atomic E-state index is -3.13. The summed E-state index contributed by atoms with van der Waals surface area (Å²) < 4.78 is 22.3. The SMILES string of the molecule is CS(=O)(=O)CCC(N)C(=O)NCc1ccc(-c2nc3ccccc3[nH]2)cc1.Cl. The van der Waals surface area contributed by atoms with Crippen LogP contribution in [-0.4, -0.2) is 42.3 Å². The van der Waals surface area contributed by atoms with E-state index in [-0.39, 0.29) is 30.5 Å². The maximum absolute atomic E-state index is 12.0. The molecule has 0 aliphatic rings. The third kappa shape index (κ3) is 5.79. The second-order valence-corrected chi connectivity index (χ2v) is 8.80. The maximum atomic E-state index is 12.0. The van der Waals surface area contributed by atoms with E-state index in [0.29, 0.717) is 6.54 Å². The normalized spacial score (nSPS) is 12.4. The monoisotopic (exact) mass is 422 g/mol. The van der Waals surface area contributed by atoms with E-state index in [0.717, 1.165) is 34.2 Å². The molecule has 0 aliphatic heterocycles. The molecule has 0 spiro atoms. The Morgan fingerprint density at radius 2 is 1.86 bits per heavy atom. The van der Waals surface area contributed by atoms with Gasteiger partial charge in [0.05, 0.1) is 22.8 Å². The zero-order valence-electron chi connectivity index (χ0n) is 15.4. The van der Waals surface area contributed by atoms with Crippen molar-refractivity contribution in [3.8, 4) is 11.4 Å². The molecule has 0 radical (unpaired) electrons. The fourth-order valence-corrected chi connectivity index (χ4v) is 3.34. The first-order valence-corrected chi connectivity index (χ1v) is 10.6. The first-order chi connectivity index (χ1) is 12.8. The van der Waals surface area contributed by atoms with Crippen molar-refractivity contribution in [2.45, 2.75) is 19.0 Å². The zero-order chi connectivity index (χ0) is 19.4. The Morgan fingerprint density at radius 1 is 1.18 bits per heavy atom. The molecule has 0 bridgehead atoms. The number of nitrogens with zero attached hydrogens (tertiary/aromatic N) is 1. The highest BCUT2D eigenvalue weighted by Crippen LogP contribution is 2.20. The van der Waals surface area contributed by atoms with Crippen LogP contribution in [-0.2, 0) is 21.2 Å². The number of hydrogen-bond donors (Lipinski definition) is 3. The highest BCUT2D eigenvalue weighted by atomic mass is 35.5. The lowest BCUT2D eigenvalue weighted by molar-refractivity contribution is -0.122. The number of amides is 1. The molecule has 1 atom stereocenters. The van der Waals surface area contributed by atoms with E-state index in [1.165, 1.54) is 0 Å². The third-order valence-corrected chi connectivity index (χ3v) is 5.20. The van der Waals surface area contributed by atoms with Crippen LogP contribution in [0.1, 0.15) is 12.0 Å². The number of carbonyl (C=O) groups excluding carboxylic acids is 1. The molecule has 1 aromatic heterocycles. The van der Waals surface area contributed by atoms with Gasteiger partial charge in [0, 0.05) is 18.4 Å². The number of imidazole rings is 1. The summed E-state index contributed by atoms with van der Waals surface area (Å²) in [4.78, 5) is 19.8. The number of halogens is 1. The molecular formula is C19H23ClN4O3S. The summed E-state index contributed by atoms with van der Waals surface area (Å²) in [7, 11) is -3.13. The van der Waals surface area contributed by atoms with Gasteiger partial charge in [0.1, 0.15) is 15.7 Å². The van der Waals surface area contributed by atoms with Crippen LogP contribution >= 0.6 is 12.4 Å². The minimum absolute atomic E-state index is 0. The van der Waals surface area contributed by atoms with Crippen molar-refractivity contribution >= 4 is 39.2 Å². The molecule has 1 amide bonds. The Balaban J connectivity index is 0.00000280. The number of H-pyrrole nitrogens is 1. The number of rotatable bonds is 7. The Kier molecular flexibility index (Phi) is 7.17. The van der Waals surface area contributed by atoms with E-state index >= 15 is 0 Å². The second-order valence-electron chi connectivity index (χ2n) is 6.54. The van der Waals surface area contributed by atoms with Gasteiger partial charge in [-0.2, -0.15) is 0 Å². The third-order valence-electron chi connectivity index (χ3n) is 4.22. The topological polar surface area (TPSA) is 118 Å². The first-order valence-electron chi connectivity index (χ1n) is 8.57. The molecule has 3 rings (SSSR count). The van der Waals surface area contributed by atoms with Crippen LogP contribution in [0.2, 0.25) is 0 Å². The lowest BCUT2D eigenvalue weighted by Crippen LogP contribution is -2.41. The Labute approximate surface area is 170 Å². The maximum Gasteiger partial charge on any atom is 0.237 e. The number of aromatic nitrogens is 2. The van der Waals surface area contributed by atoms with E-state index < -0.39 is 15.9 Å². The average molecular weight is 423 g/mol. The highest BCUT2D eigenvalue weighted by Gasteiger charge is 2.15. The van der Waals surface area contributed by atoms with Crippen molar-refractivity contribution in [1.82, 2.24) is 15.3 Å². The molecule has 4 N–H and O–H groups in total. The molecular weight excluding hydrogens is 400 g/mol. The lowest BCUT2D eigenvalue weighted by atomic mass is 10.1. The summed E-state index contributed by atoms with van der Waals surface area (Å²) in [6, 6.07) is 14.7. The molecule has 0 fully saturated rings. The number of nitrogens with two attached hydrogens (primary N) is 1. The molecule has 150 valence electrons. The molecule has 0 saturated heterocycles. The molecule has 0 saturated carbocycles. The Hall–Kier alpha value is -2.42. The molecule has 1 heterocycles. The van der Waals surface area contributed by atoms with Crippen molar-refractivity contribution < 1.29 is 13.2 Å². The van der Waals surface area contributed by atoms with E-state index in [2.05, 4.69) is 15.3 Å². The largest absolute Gasteiger partial charge is 0.351 e. The number of sulfone groups is 1. The fraction of sp³-hybridized carbons (Fsp3) is 0.263. The molecule has 28 heavy (non-hydrogen) atoms. The average Bonchev–Trinajstić information content (AvgIpc) is 3.08. The van der Waals surface area contributed by atoms with Crippen molar-refractivity contribution in [3.05, 3.63) is 54.1 Å². The lowest BCUT2D eigenvalue weighted by Gasteiger charge is -2.12. The van der Waals surface area contributed by atoms with E-state index in [1.54, 1.807) is 0 Å². The van der Waals surface area contributed by atoms with Gasteiger partial charge in [0.15, 0.2) is 0 Å². The van der Waals surface area contributed by atoms with Crippen LogP contribution in [0.5, 0.6) is 0 Å². The summed E-state index contributed by atoms with van der Waals surface area (Å²) in [5, 5.41) is 2.73. The number of fused-ring (bicyclic) bond motifs is 1. The smallest absolute Gasteiger partial charge is 0.237 e. The van der Waals surface area contributed by atoms with Crippen molar-refractivity contribution in [1.29, 1.82) is 0 Å². The molecule has 2 aromatic carbocycles. The van der Waals surface area contributed by atoms with Crippen molar-refractivity contribution in [2.24, 2.45) is 5.73 Å². The van der Waals surface area contributed by atoms with Crippen LogP contribution < -0.4 is 11.1 Å². The number of para-hydroxylation sites is 2. The van der Waals surface area contributed by atoms with Gasteiger partial charge in [0.2, 0.25) is 5.91 Å². The predicted octanol–water partition coefficient (Wildman–Crippen LogP) is 2.03. The van der Waals surface area contributed by atoms with E-state index in [4.69, 9.17) is 5.73 Å². The van der Waals surface area contributed by atoms with Gasteiger partial charge >= 0.3 is 0 Å². The molecule has 9 heteroatoms. The second kappa shape index (κ2) is 9.18. The molecule has 7 nitrogen and oxygen atoms in total. The molecule has 0 aliphatic carbocycles. The highest BCUT2D eigenvalue weighted by molar-refractivity contribution is 7.90.